The van der Waals surface area contributed by atoms with Crippen molar-refractivity contribution in [1.29, 1.82) is 0 Å². The molecule has 0 spiro atoms. The van der Waals surface area contributed by atoms with Gasteiger partial charge in [-0.1, -0.05) is 28.1 Å². The molecule has 2 fully saturated rings. The van der Waals surface area contributed by atoms with E-state index in [1.54, 1.807) is 6.20 Å². The van der Waals surface area contributed by atoms with Crippen molar-refractivity contribution in [3.05, 3.63) is 52.6 Å². The Morgan fingerprint density at radius 2 is 1.92 bits per heavy atom. The fraction of sp³-hybridized carbons (Fsp3) is 0.400. The second-order valence-electron chi connectivity index (χ2n) is 7.24. The molecule has 6 heteroatoms. The monoisotopic (exact) mass is 414 g/mol. The lowest BCUT2D eigenvalue weighted by atomic mass is 9.95. The summed E-state index contributed by atoms with van der Waals surface area (Å²) in [7, 11) is 2.14. The average Bonchev–Trinajstić information content (AvgIpc) is 3.45. The van der Waals surface area contributed by atoms with E-state index in [1.165, 1.54) is 0 Å². The quantitative estimate of drug-likeness (QED) is 0.833. The highest BCUT2D eigenvalue weighted by molar-refractivity contribution is 9.10. The van der Waals surface area contributed by atoms with Crippen molar-refractivity contribution in [3.8, 4) is 0 Å². The van der Waals surface area contributed by atoms with Crippen LogP contribution in [0.2, 0.25) is 0 Å². The highest BCUT2D eigenvalue weighted by Crippen LogP contribution is 2.49. The normalized spacial score (nSPS) is 19.2. The number of likely N-dealkylation sites (N-methyl/N-ethyl adjacent to an activating group) is 1. The van der Waals surface area contributed by atoms with Crippen molar-refractivity contribution in [2.45, 2.75) is 18.3 Å². The minimum Gasteiger partial charge on any atom is -0.354 e. The number of pyridine rings is 1. The van der Waals surface area contributed by atoms with Crippen LogP contribution >= 0.6 is 15.9 Å². The summed E-state index contributed by atoms with van der Waals surface area (Å²) < 4.78 is 1.01. The van der Waals surface area contributed by atoms with Crippen LogP contribution in [0.25, 0.3) is 0 Å². The molecule has 1 saturated heterocycles. The Morgan fingerprint density at radius 3 is 2.54 bits per heavy atom. The molecule has 5 nitrogen and oxygen atoms in total. The number of benzene rings is 1. The van der Waals surface area contributed by atoms with E-state index >= 15 is 0 Å². The van der Waals surface area contributed by atoms with Crippen LogP contribution in [0.4, 0.5) is 11.5 Å². The zero-order valence-electron chi connectivity index (χ0n) is 14.9. The molecule has 1 aliphatic heterocycles. The molecule has 26 heavy (non-hydrogen) atoms. The predicted octanol–water partition coefficient (Wildman–Crippen LogP) is 3.27. The maximum atomic E-state index is 12.9. The van der Waals surface area contributed by atoms with Crippen molar-refractivity contribution in [2.75, 3.05) is 43.4 Å². The van der Waals surface area contributed by atoms with Crippen LogP contribution in [0.15, 0.2) is 47.1 Å². The maximum Gasteiger partial charge on any atom is 0.235 e. The number of carbonyl (C=O) groups is 1. The third kappa shape index (κ3) is 3.48. The largest absolute Gasteiger partial charge is 0.354 e. The third-order valence-corrected chi connectivity index (χ3v) is 5.89. The average molecular weight is 415 g/mol. The molecule has 0 bridgehead atoms. The molecule has 4 rings (SSSR count). The molecule has 1 amide bonds. The minimum absolute atomic E-state index is 0.0600. The second-order valence-corrected chi connectivity index (χ2v) is 8.16. The van der Waals surface area contributed by atoms with E-state index in [1.807, 2.05) is 36.4 Å². The van der Waals surface area contributed by atoms with Crippen LogP contribution in [0, 0.1) is 0 Å². The Bertz CT molecular complexity index is 796. The van der Waals surface area contributed by atoms with Gasteiger partial charge in [0.1, 0.15) is 5.82 Å². The highest BCUT2D eigenvalue weighted by atomic mass is 79.9. The smallest absolute Gasteiger partial charge is 0.235 e. The molecule has 136 valence electrons. The molecule has 1 aliphatic carbocycles. The van der Waals surface area contributed by atoms with Crippen molar-refractivity contribution < 1.29 is 4.79 Å². The van der Waals surface area contributed by atoms with Crippen LogP contribution in [0.3, 0.4) is 0 Å². The fourth-order valence-electron chi connectivity index (χ4n) is 3.49. The molecular weight excluding hydrogens is 392 g/mol. The number of amides is 1. The molecule has 0 atom stereocenters. The second kappa shape index (κ2) is 7.00. The molecular formula is C20H23BrN4O. The first-order valence-electron chi connectivity index (χ1n) is 9.04. The first kappa shape index (κ1) is 17.5. The van der Waals surface area contributed by atoms with Gasteiger partial charge in [0.2, 0.25) is 5.91 Å². The zero-order chi connectivity index (χ0) is 18.1. The number of anilines is 2. The number of halogens is 1. The molecule has 1 aromatic carbocycles. The number of rotatable bonds is 4. The Kier molecular flexibility index (Phi) is 4.71. The number of carbonyl (C=O) groups excluding carboxylic acids is 1. The summed E-state index contributed by atoms with van der Waals surface area (Å²) in [5.41, 5.74) is 1.44. The van der Waals surface area contributed by atoms with E-state index in [2.05, 4.69) is 43.1 Å². The van der Waals surface area contributed by atoms with Gasteiger partial charge in [0.25, 0.3) is 0 Å². The van der Waals surface area contributed by atoms with Crippen LogP contribution in [-0.2, 0) is 10.2 Å². The van der Waals surface area contributed by atoms with E-state index in [9.17, 15) is 4.79 Å². The standard InChI is InChI=1S/C20H23BrN4O/c1-24-9-11-25(12-10-24)18-6-5-17(14-22-18)23-19(26)20(7-8-20)15-3-2-4-16(21)13-15/h2-6,13-14H,7-12H2,1H3,(H,23,26). The fourth-order valence-corrected chi connectivity index (χ4v) is 3.89. The topological polar surface area (TPSA) is 48.5 Å². The Labute approximate surface area is 162 Å². The van der Waals surface area contributed by atoms with Gasteiger partial charge in [0, 0.05) is 30.7 Å². The van der Waals surface area contributed by atoms with E-state index in [0.29, 0.717) is 0 Å². The van der Waals surface area contributed by atoms with Crippen LogP contribution in [0.5, 0.6) is 0 Å². The lowest BCUT2D eigenvalue weighted by Gasteiger charge is -2.33. The molecule has 2 aromatic rings. The van der Waals surface area contributed by atoms with Gasteiger partial charge < -0.3 is 15.1 Å². The first-order chi connectivity index (χ1) is 12.6. The van der Waals surface area contributed by atoms with Crippen LogP contribution in [-0.4, -0.2) is 49.0 Å². The predicted molar refractivity (Wildman–Crippen MR) is 108 cm³/mol. The Morgan fingerprint density at radius 1 is 1.15 bits per heavy atom. The summed E-state index contributed by atoms with van der Waals surface area (Å²) in [6, 6.07) is 12.0. The van der Waals surface area contributed by atoms with E-state index in [-0.39, 0.29) is 11.3 Å². The summed E-state index contributed by atoms with van der Waals surface area (Å²) in [5.74, 6) is 1.04. The summed E-state index contributed by atoms with van der Waals surface area (Å²) in [5, 5.41) is 3.06. The number of aromatic nitrogens is 1. The van der Waals surface area contributed by atoms with Crippen LogP contribution < -0.4 is 10.2 Å². The van der Waals surface area contributed by atoms with Crippen LogP contribution in [0.1, 0.15) is 18.4 Å². The van der Waals surface area contributed by atoms with Gasteiger partial charge in [-0.05, 0) is 49.7 Å². The molecule has 1 aromatic heterocycles. The zero-order valence-corrected chi connectivity index (χ0v) is 16.5. The van der Waals surface area contributed by atoms with Crippen molar-refractivity contribution in [3.63, 3.8) is 0 Å². The molecule has 0 unspecified atom stereocenters. The number of hydrogen-bond acceptors (Lipinski definition) is 4. The highest BCUT2D eigenvalue weighted by Gasteiger charge is 2.51. The summed E-state index contributed by atoms with van der Waals surface area (Å²) in [6.07, 6.45) is 3.55. The van der Waals surface area contributed by atoms with Gasteiger partial charge in [0.15, 0.2) is 0 Å². The lowest BCUT2D eigenvalue weighted by Crippen LogP contribution is -2.44. The van der Waals surface area contributed by atoms with Crippen molar-refractivity contribution >= 4 is 33.3 Å². The van der Waals surface area contributed by atoms with Gasteiger partial charge in [-0.3, -0.25) is 4.79 Å². The van der Waals surface area contributed by atoms with Crippen molar-refractivity contribution in [2.24, 2.45) is 0 Å². The van der Waals surface area contributed by atoms with Gasteiger partial charge in [-0.2, -0.15) is 0 Å². The Hall–Kier alpha value is -1.92. The molecule has 2 heterocycles. The number of nitrogens with one attached hydrogen (secondary N) is 1. The van der Waals surface area contributed by atoms with E-state index < -0.39 is 0 Å². The van der Waals surface area contributed by atoms with Gasteiger partial charge in [-0.25, -0.2) is 4.98 Å². The minimum atomic E-state index is -0.389. The maximum absolute atomic E-state index is 12.9. The number of piperazine rings is 1. The van der Waals surface area contributed by atoms with E-state index in [4.69, 9.17) is 0 Å². The molecule has 1 N–H and O–H groups in total. The number of nitrogens with zero attached hydrogens (tertiary/aromatic N) is 3. The SMILES string of the molecule is CN1CCN(c2ccc(NC(=O)C3(c4cccc(Br)c4)CC3)cn2)CC1. The van der Waals surface area contributed by atoms with Gasteiger partial charge in [0.05, 0.1) is 17.3 Å². The van der Waals surface area contributed by atoms with E-state index in [0.717, 1.165) is 60.6 Å². The van der Waals surface area contributed by atoms with Crippen molar-refractivity contribution in [1.82, 2.24) is 9.88 Å². The molecule has 1 saturated carbocycles. The molecule has 2 aliphatic rings. The Balaban J connectivity index is 1.43. The number of hydrogen-bond donors (Lipinski definition) is 1. The first-order valence-corrected chi connectivity index (χ1v) is 9.83. The lowest BCUT2D eigenvalue weighted by molar-refractivity contribution is -0.118. The summed E-state index contributed by atoms with van der Waals surface area (Å²) >= 11 is 3.50. The third-order valence-electron chi connectivity index (χ3n) is 5.39. The summed E-state index contributed by atoms with van der Waals surface area (Å²) in [4.78, 5) is 22.0. The van der Waals surface area contributed by atoms with Gasteiger partial charge in [-0.15, -0.1) is 0 Å². The van der Waals surface area contributed by atoms with Gasteiger partial charge >= 0.3 is 0 Å². The molecule has 0 radical (unpaired) electrons. The summed E-state index contributed by atoms with van der Waals surface area (Å²) in [6.45, 7) is 4.08.